The highest BCUT2D eigenvalue weighted by molar-refractivity contribution is 4.13. The van der Waals surface area contributed by atoms with Crippen LogP contribution in [0.2, 0.25) is 0 Å². The van der Waals surface area contributed by atoms with Crippen LogP contribution in [-0.2, 0) is 4.74 Å². The van der Waals surface area contributed by atoms with Gasteiger partial charge in [-0.2, -0.15) is 0 Å². The molecule has 0 amide bonds. The molecule has 0 bridgehead atoms. The van der Waals surface area contributed by atoms with Crippen molar-refractivity contribution in [2.45, 2.75) is 67.2 Å². The Morgan fingerprint density at radius 2 is 0.769 bits per heavy atom. The molecule has 0 heterocycles. The van der Waals surface area contributed by atoms with Gasteiger partial charge in [0.1, 0.15) is 0 Å². The molecule has 0 aromatic rings. The van der Waals surface area contributed by atoms with E-state index in [1.807, 2.05) is 13.8 Å². The third-order valence-corrected chi connectivity index (χ3v) is 1.41. The summed E-state index contributed by atoms with van der Waals surface area (Å²) in [6.07, 6.45) is 5.28. The molecule has 0 aliphatic carbocycles. The molecule has 0 spiro atoms. The van der Waals surface area contributed by atoms with Gasteiger partial charge in [-0.25, -0.2) is 0 Å². The first kappa shape index (κ1) is 18.7. The summed E-state index contributed by atoms with van der Waals surface area (Å²) in [6.45, 7) is 14.4. The maximum Gasteiger partial charge on any atom is 0.0437 e. The van der Waals surface area contributed by atoms with Crippen molar-refractivity contribution in [3.05, 3.63) is 0 Å². The van der Waals surface area contributed by atoms with Gasteiger partial charge < -0.3 is 4.74 Å². The van der Waals surface area contributed by atoms with Gasteiger partial charge in [0.05, 0.1) is 0 Å². The van der Waals surface area contributed by atoms with E-state index >= 15 is 0 Å². The number of hydrogen-bond acceptors (Lipinski definition) is 1. The van der Waals surface area contributed by atoms with Gasteiger partial charge in [-0.3, -0.25) is 0 Å². The fourth-order valence-electron chi connectivity index (χ4n) is 0.204. The fourth-order valence-corrected chi connectivity index (χ4v) is 0.204. The quantitative estimate of drug-likeness (QED) is 0.626. The minimum atomic E-state index is 0.844. The van der Waals surface area contributed by atoms with Gasteiger partial charge in [-0.05, 0) is 13.8 Å². The first-order chi connectivity index (χ1) is 6.24. The second-order valence-electron chi connectivity index (χ2n) is 2.78. The highest BCUT2D eigenvalue weighted by atomic mass is 16.5. The van der Waals surface area contributed by atoms with Crippen LogP contribution in [0.5, 0.6) is 0 Å². The standard InChI is InChI=1S/C4H10O.2C4H10/c1-3-5-4-2;2*1-3-4-2/h3-4H2,1-2H3;2*3-4H2,1-2H3. The summed E-state index contributed by atoms with van der Waals surface area (Å²) >= 11 is 0. The number of ether oxygens (including phenoxy) is 1. The van der Waals surface area contributed by atoms with Crippen LogP contribution < -0.4 is 0 Å². The van der Waals surface area contributed by atoms with Crippen molar-refractivity contribution in [1.29, 1.82) is 0 Å². The number of hydrogen-bond donors (Lipinski definition) is 0. The average molecular weight is 190 g/mol. The maximum atomic E-state index is 4.83. The van der Waals surface area contributed by atoms with Gasteiger partial charge in [-0.1, -0.05) is 53.4 Å². The molecule has 0 atom stereocenters. The molecule has 0 aromatic heterocycles. The summed E-state index contributed by atoms with van der Waals surface area (Å²) in [5.74, 6) is 0. The molecule has 0 aromatic carbocycles. The zero-order valence-corrected chi connectivity index (χ0v) is 10.7. The van der Waals surface area contributed by atoms with Crippen molar-refractivity contribution in [2.24, 2.45) is 0 Å². The summed E-state index contributed by atoms with van der Waals surface area (Å²) in [6, 6.07) is 0. The van der Waals surface area contributed by atoms with Crippen LogP contribution in [0, 0.1) is 0 Å². The van der Waals surface area contributed by atoms with E-state index in [0.717, 1.165) is 13.2 Å². The van der Waals surface area contributed by atoms with Crippen molar-refractivity contribution >= 4 is 0 Å². The Hall–Kier alpha value is -0.0400. The lowest BCUT2D eigenvalue weighted by atomic mass is 10.4. The van der Waals surface area contributed by atoms with Crippen molar-refractivity contribution in [3.8, 4) is 0 Å². The first-order valence-corrected chi connectivity index (χ1v) is 5.82. The summed E-state index contributed by atoms with van der Waals surface area (Å²) in [7, 11) is 0. The number of rotatable bonds is 4. The van der Waals surface area contributed by atoms with E-state index in [-0.39, 0.29) is 0 Å². The molecule has 0 saturated carbocycles. The van der Waals surface area contributed by atoms with Gasteiger partial charge in [0.15, 0.2) is 0 Å². The highest BCUT2D eigenvalue weighted by Gasteiger charge is 1.64. The van der Waals surface area contributed by atoms with Crippen LogP contribution in [-0.4, -0.2) is 13.2 Å². The zero-order valence-electron chi connectivity index (χ0n) is 10.7. The predicted molar refractivity (Wildman–Crippen MR) is 63.3 cm³/mol. The molecule has 0 fully saturated rings. The lowest BCUT2D eigenvalue weighted by molar-refractivity contribution is 0.162. The lowest BCUT2D eigenvalue weighted by Crippen LogP contribution is -1.84. The van der Waals surface area contributed by atoms with Crippen LogP contribution in [0.25, 0.3) is 0 Å². The van der Waals surface area contributed by atoms with Crippen molar-refractivity contribution in [2.75, 3.05) is 13.2 Å². The van der Waals surface area contributed by atoms with Crippen LogP contribution in [0.4, 0.5) is 0 Å². The molecule has 0 aliphatic rings. The fraction of sp³-hybridized carbons (Fsp3) is 1.00. The maximum absolute atomic E-state index is 4.83. The Morgan fingerprint density at radius 1 is 0.538 bits per heavy atom. The van der Waals surface area contributed by atoms with Gasteiger partial charge in [0, 0.05) is 13.2 Å². The van der Waals surface area contributed by atoms with Crippen LogP contribution in [0.15, 0.2) is 0 Å². The van der Waals surface area contributed by atoms with Crippen molar-refractivity contribution < 1.29 is 4.74 Å². The molecule has 0 rings (SSSR count). The van der Waals surface area contributed by atoms with Gasteiger partial charge in [0.2, 0.25) is 0 Å². The third kappa shape index (κ3) is 75.7. The first-order valence-electron chi connectivity index (χ1n) is 5.82. The van der Waals surface area contributed by atoms with E-state index < -0.39 is 0 Å². The normalized spacial score (nSPS) is 7.85. The van der Waals surface area contributed by atoms with Crippen LogP contribution in [0.1, 0.15) is 67.2 Å². The van der Waals surface area contributed by atoms with Crippen LogP contribution >= 0.6 is 0 Å². The molecule has 1 heteroatoms. The second-order valence-corrected chi connectivity index (χ2v) is 2.78. The molecule has 84 valence electrons. The van der Waals surface area contributed by atoms with Gasteiger partial charge in [-0.15, -0.1) is 0 Å². The molecule has 0 N–H and O–H groups in total. The molecule has 0 unspecified atom stereocenters. The largest absolute Gasteiger partial charge is 0.382 e. The molecular weight excluding hydrogens is 160 g/mol. The van der Waals surface area contributed by atoms with Crippen LogP contribution in [0.3, 0.4) is 0 Å². The SMILES string of the molecule is CCCC.CCCC.CCOCC. The van der Waals surface area contributed by atoms with E-state index in [4.69, 9.17) is 4.74 Å². The van der Waals surface area contributed by atoms with Gasteiger partial charge >= 0.3 is 0 Å². The molecule has 13 heavy (non-hydrogen) atoms. The third-order valence-electron chi connectivity index (χ3n) is 1.41. The summed E-state index contributed by atoms with van der Waals surface area (Å²) in [4.78, 5) is 0. The monoisotopic (exact) mass is 190 g/mol. The zero-order chi connectivity index (χ0) is 10.9. The van der Waals surface area contributed by atoms with Crippen molar-refractivity contribution in [1.82, 2.24) is 0 Å². The molecule has 1 nitrogen and oxygen atoms in total. The van der Waals surface area contributed by atoms with E-state index in [1.165, 1.54) is 25.7 Å². The lowest BCUT2D eigenvalue weighted by Gasteiger charge is -1.86. The van der Waals surface area contributed by atoms with E-state index in [1.54, 1.807) is 0 Å². The van der Waals surface area contributed by atoms with Gasteiger partial charge in [0.25, 0.3) is 0 Å². The van der Waals surface area contributed by atoms with Crippen molar-refractivity contribution in [3.63, 3.8) is 0 Å². The van der Waals surface area contributed by atoms with E-state index in [2.05, 4.69) is 27.7 Å². The molecule has 0 saturated heterocycles. The molecule has 0 aliphatic heterocycles. The Balaban J connectivity index is -0.000000117. The topological polar surface area (TPSA) is 9.23 Å². The summed E-state index contributed by atoms with van der Waals surface area (Å²) in [5.41, 5.74) is 0. The Morgan fingerprint density at radius 3 is 0.769 bits per heavy atom. The average Bonchev–Trinajstić information content (AvgIpc) is 2.20. The van der Waals surface area contributed by atoms with E-state index in [0.29, 0.717) is 0 Å². The molecular formula is C12H30O. The number of unbranched alkanes of at least 4 members (excludes halogenated alkanes) is 2. The Labute approximate surface area is 85.9 Å². The van der Waals surface area contributed by atoms with E-state index in [9.17, 15) is 0 Å². The smallest absolute Gasteiger partial charge is 0.0437 e. The predicted octanol–water partition coefficient (Wildman–Crippen LogP) is 4.66. The Kier molecular flexibility index (Phi) is 42.6. The Bertz CT molecular complexity index is 34.4. The summed E-state index contributed by atoms with van der Waals surface area (Å²) in [5, 5.41) is 0. The minimum Gasteiger partial charge on any atom is -0.382 e. The minimum absolute atomic E-state index is 0.844. The second kappa shape index (κ2) is 29.7. The highest BCUT2D eigenvalue weighted by Crippen LogP contribution is 1.77. The summed E-state index contributed by atoms with van der Waals surface area (Å²) < 4.78 is 4.83. The molecule has 0 radical (unpaired) electrons.